The molecule has 2 rings (SSSR count). The molecule has 0 spiro atoms. The van der Waals surface area contributed by atoms with Crippen molar-refractivity contribution in [3.05, 3.63) is 24.4 Å². The number of hydrogen-bond donors (Lipinski definition) is 1. The average Bonchev–Trinajstić information content (AvgIpc) is 2.56. The van der Waals surface area contributed by atoms with Crippen molar-refractivity contribution < 1.29 is 5.11 Å². The van der Waals surface area contributed by atoms with Crippen LogP contribution in [0.1, 0.15) is 27.7 Å². The first-order chi connectivity index (χ1) is 11.0. The summed E-state index contributed by atoms with van der Waals surface area (Å²) in [4.78, 5) is 11.6. The molecule has 2 heterocycles. The minimum Gasteiger partial charge on any atom is -0.390 e. The Hall–Kier alpha value is -1.17. The second-order valence-corrected chi connectivity index (χ2v) is 6.63. The molecule has 1 aliphatic heterocycles. The Labute approximate surface area is 140 Å². The summed E-state index contributed by atoms with van der Waals surface area (Å²) < 4.78 is 0. The van der Waals surface area contributed by atoms with Crippen molar-refractivity contribution in [2.75, 3.05) is 44.2 Å². The Morgan fingerprint density at radius 1 is 1.22 bits per heavy atom. The van der Waals surface area contributed by atoms with E-state index in [1.807, 2.05) is 18.3 Å². The minimum atomic E-state index is -0.286. The van der Waals surface area contributed by atoms with Crippen LogP contribution in [0.3, 0.4) is 0 Å². The number of piperazine rings is 1. The van der Waals surface area contributed by atoms with Gasteiger partial charge >= 0.3 is 0 Å². The highest BCUT2D eigenvalue weighted by molar-refractivity contribution is 5.40. The molecule has 1 unspecified atom stereocenters. The maximum atomic E-state index is 10.4. The summed E-state index contributed by atoms with van der Waals surface area (Å²) in [6.45, 7) is 14.2. The minimum absolute atomic E-state index is 0.286. The van der Waals surface area contributed by atoms with E-state index in [4.69, 9.17) is 0 Å². The first-order valence-corrected chi connectivity index (χ1v) is 8.87. The van der Waals surface area contributed by atoms with E-state index < -0.39 is 0 Å². The Morgan fingerprint density at radius 2 is 1.96 bits per heavy atom. The molecule has 1 aliphatic rings. The molecule has 1 N–H and O–H groups in total. The first kappa shape index (κ1) is 18.2. The summed E-state index contributed by atoms with van der Waals surface area (Å²) in [6, 6.07) is 6.90. The first-order valence-electron chi connectivity index (χ1n) is 8.87. The molecular formula is C18H32N4O. The van der Waals surface area contributed by atoms with Crippen molar-refractivity contribution in [3.8, 4) is 0 Å². The van der Waals surface area contributed by atoms with Crippen LogP contribution in [-0.4, -0.2) is 77.3 Å². The predicted octanol–water partition coefficient (Wildman–Crippen LogP) is 1.68. The molecule has 0 aromatic carbocycles. The summed E-state index contributed by atoms with van der Waals surface area (Å²) in [5, 5.41) is 10.4. The number of rotatable bonds is 7. The molecule has 3 atom stereocenters. The fraction of sp³-hybridized carbons (Fsp3) is 0.722. The third-order valence-corrected chi connectivity index (χ3v) is 4.87. The van der Waals surface area contributed by atoms with Crippen molar-refractivity contribution in [1.29, 1.82) is 0 Å². The Balaban J connectivity index is 1.92. The van der Waals surface area contributed by atoms with Gasteiger partial charge in [-0.15, -0.1) is 0 Å². The number of pyridine rings is 1. The molecule has 5 nitrogen and oxygen atoms in total. The number of nitrogens with zero attached hydrogens (tertiary/aromatic N) is 4. The van der Waals surface area contributed by atoms with Gasteiger partial charge in [-0.3, -0.25) is 4.90 Å². The van der Waals surface area contributed by atoms with Gasteiger partial charge in [0, 0.05) is 44.5 Å². The second kappa shape index (κ2) is 8.62. The zero-order valence-corrected chi connectivity index (χ0v) is 15.0. The predicted molar refractivity (Wildman–Crippen MR) is 95.9 cm³/mol. The number of hydrogen-bond acceptors (Lipinski definition) is 5. The smallest absolute Gasteiger partial charge is 0.128 e. The average molecular weight is 320 g/mol. The molecule has 1 saturated heterocycles. The van der Waals surface area contributed by atoms with E-state index in [1.54, 1.807) is 0 Å². The van der Waals surface area contributed by atoms with E-state index in [-0.39, 0.29) is 6.10 Å². The van der Waals surface area contributed by atoms with Gasteiger partial charge in [0.15, 0.2) is 0 Å². The van der Waals surface area contributed by atoms with Crippen LogP contribution in [-0.2, 0) is 0 Å². The quantitative estimate of drug-likeness (QED) is 0.828. The molecule has 23 heavy (non-hydrogen) atoms. The van der Waals surface area contributed by atoms with Crippen LogP contribution in [0, 0.1) is 0 Å². The number of β-amino-alcohol motifs (C(OH)–C–C–N with tert-alkyl or cyclic N) is 1. The van der Waals surface area contributed by atoms with Crippen LogP contribution in [0.5, 0.6) is 0 Å². The number of aliphatic hydroxyl groups is 1. The van der Waals surface area contributed by atoms with Crippen molar-refractivity contribution in [1.82, 2.24) is 14.8 Å². The Morgan fingerprint density at radius 3 is 2.57 bits per heavy atom. The second-order valence-electron chi connectivity index (χ2n) is 6.63. The van der Waals surface area contributed by atoms with E-state index in [1.165, 1.54) is 0 Å². The fourth-order valence-electron chi connectivity index (χ4n) is 3.40. The van der Waals surface area contributed by atoms with Gasteiger partial charge in [-0.2, -0.15) is 0 Å². The highest BCUT2D eigenvalue weighted by Crippen LogP contribution is 2.21. The molecule has 0 aliphatic carbocycles. The molecule has 130 valence electrons. The van der Waals surface area contributed by atoms with Gasteiger partial charge in [0.05, 0.1) is 6.10 Å². The van der Waals surface area contributed by atoms with Gasteiger partial charge in [0.25, 0.3) is 0 Å². The van der Waals surface area contributed by atoms with Gasteiger partial charge in [-0.25, -0.2) is 4.98 Å². The molecule has 0 saturated carbocycles. The van der Waals surface area contributed by atoms with Crippen molar-refractivity contribution >= 4 is 5.82 Å². The van der Waals surface area contributed by atoms with Crippen LogP contribution in [0.2, 0.25) is 0 Å². The van der Waals surface area contributed by atoms with Gasteiger partial charge < -0.3 is 14.9 Å². The van der Waals surface area contributed by atoms with Crippen LogP contribution in [0.4, 0.5) is 5.82 Å². The van der Waals surface area contributed by atoms with Crippen molar-refractivity contribution in [2.24, 2.45) is 0 Å². The Bertz CT molecular complexity index is 452. The van der Waals surface area contributed by atoms with Crippen molar-refractivity contribution in [3.63, 3.8) is 0 Å². The van der Waals surface area contributed by atoms with Crippen LogP contribution < -0.4 is 4.90 Å². The fourth-order valence-corrected chi connectivity index (χ4v) is 3.40. The highest BCUT2D eigenvalue weighted by atomic mass is 16.3. The molecule has 1 fully saturated rings. The van der Waals surface area contributed by atoms with E-state index >= 15 is 0 Å². The number of aromatic nitrogens is 1. The van der Waals surface area contributed by atoms with E-state index in [0.717, 1.165) is 45.1 Å². The highest BCUT2D eigenvalue weighted by Gasteiger charge is 2.30. The zero-order valence-electron chi connectivity index (χ0n) is 15.0. The SMILES string of the molecule is CCN(CC)CC(O)CN1C[C@H](C)N(c2ccccn2)C[C@@H]1C. The van der Waals surface area contributed by atoms with Crippen LogP contribution in [0.15, 0.2) is 24.4 Å². The number of likely N-dealkylation sites (N-methyl/N-ethyl adjacent to an activating group) is 1. The molecule has 0 bridgehead atoms. The lowest BCUT2D eigenvalue weighted by atomic mass is 10.1. The zero-order chi connectivity index (χ0) is 16.8. The third-order valence-electron chi connectivity index (χ3n) is 4.87. The summed E-state index contributed by atoms with van der Waals surface area (Å²) in [5.41, 5.74) is 0. The van der Waals surface area contributed by atoms with E-state index in [0.29, 0.717) is 12.1 Å². The monoisotopic (exact) mass is 320 g/mol. The topological polar surface area (TPSA) is 42.8 Å². The normalized spacial score (nSPS) is 24.2. The summed E-state index contributed by atoms with van der Waals surface area (Å²) in [5.74, 6) is 1.05. The van der Waals surface area contributed by atoms with Gasteiger partial charge in [0.1, 0.15) is 5.82 Å². The van der Waals surface area contributed by atoms with E-state index in [2.05, 4.69) is 53.4 Å². The standard InChI is InChI=1S/C18H32N4O/c1-5-20(6-2)13-17(23)14-21-11-16(4)22(12-15(21)3)18-9-7-8-10-19-18/h7-10,15-17,23H,5-6,11-14H2,1-4H3/t15-,16-,17?/m0/s1. The maximum Gasteiger partial charge on any atom is 0.128 e. The Kier molecular flexibility index (Phi) is 6.81. The lowest BCUT2D eigenvalue weighted by molar-refractivity contribution is 0.0526. The molecule has 5 heteroatoms. The lowest BCUT2D eigenvalue weighted by Gasteiger charge is -2.45. The van der Waals surface area contributed by atoms with Crippen molar-refractivity contribution in [2.45, 2.75) is 45.9 Å². The van der Waals surface area contributed by atoms with Gasteiger partial charge in [-0.1, -0.05) is 19.9 Å². The third kappa shape index (κ3) is 4.90. The molecule has 0 amide bonds. The van der Waals surface area contributed by atoms with Crippen LogP contribution >= 0.6 is 0 Å². The lowest BCUT2D eigenvalue weighted by Crippen LogP contribution is -2.58. The molecular weight excluding hydrogens is 288 g/mol. The molecule has 0 radical (unpaired) electrons. The van der Waals surface area contributed by atoms with Gasteiger partial charge in [0.2, 0.25) is 0 Å². The largest absolute Gasteiger partial charge is 0.390 e. The summed E-state index contributed by atoms with van der Waals surface area (Å²) >= 11 is 0. The molecule has 1 aromatic rings. The maximum absolute atomic E-state index is 10.4. The number of anilines is 1. The van der Waals surface area contributed by atoms with E-state index in [9.17, 15) is 5.11 Å². The van der Waals surface area contributed by atoms with Crippen LogP contribution in [0.25, 0.3) is 0 Å². The van der Waals surface area contributed by atoms with Gasteiger partial charge in [-0.05, 0) is 39.1 Å². The molecule has 1 aromatic heterocycles. The number of aliphatic hydroxyl groups excluding tert-OH is 1. The summed E-state index contributed by atoms with van der Waals surface area (Å²) in [7, 11) is 0. The summed E-state index contributed by atoms with van der Waals surface area (Å²) in [6.07, 6.45) is 1.57.